The summed E-state index contributed by atoms with van der Waals surface area (Å²) in [4.78, 5) is 10.6. The van der Waals surface area contributed by atoms with Gasteiger partial charge in [0.25, 0.3) is 6.47 Å². The average Bonchev–Trinajstić information content (AvgIpc) is 2.98. The molecule has 0 bridgehead atoms. The monoisotopic (exact) mass is 398 g/mol. The second-order valence-corrected chi connectivity index (χ2v) is 6.62. The van der Waals surface area contributed by atoms with Crippen molar-refractivity contribution in [1.29, 1.82) is 0 Å². The fraction of sp³-hybridized carbons (Fsp3) is 0.0588. The van der Waals surface area contributed by atoms with Gasteiger partial charge < -0.3 is 4.74 Å². The highest BCUT2D eigenvalue weighted by atomic mass is 35.5. The summed E-state index contributed by atoms with van der Waals surface area (Å²) in [5.74, 6) is 0.0175. The molecule has 26 heavy (non-hydrogen) atoms. The number of carbonyl (C=O) groups is 1. The third-order valence-electron chi connectivity index (χ3n) is 3.27. The molecule has 0 fully saturated rings. The summed E-state index contributed by atoms with van der Waals surface area (Å²) < 4.78 is 44.1. The van der Waals surface area contributed by atoms with Gasteiger partial charge in [-0.1, -0.05) is 29.8 Å². The van der Waals surface area contributed by atoms with Gasteiger partial charge >= 0.3 is 5.51 Å². The van der Waals surface area contributed by atoms with E-state index in [1.54, 1.807) is 30.3 Å². The molecule has 2 aromatic carbocycles. The van der Waals surface area contributed by atoms with Gasteiger partial charge in [-0.25, -0.2) is 4.68 Å². The Hall–Kier alpha value is -2.45. The maximum absolute atomic E-state index is 12.6. The first-order valence-corrected chi connectivity index (χ1v) is 8.38. The van der Waals surface area contributed by atoms with Crippen molar-refractivity contribution in [2.24, 2.45) is 0 Å². The predicted molar refractivity (Wildman–Crippen MR) is 92.6 cm³/mol. The lowest BCUT2D eigenvalue weighted by Gasteiger charge is -2.10. The third-order valence-corrected chi connectivity index (χ3v) is 4.23. The van der Waals surface area contributed by atoms with Crippen molar-refractivity contribution in [2.75, 3.05) is 0 Å². The van der Waals surface area contributed by atoms with Gasteiger partial charge in [0.2, 0.25) is 5.88 Å². The van der Waals surface area contributed by atoms with Gasteiger partial charge in [-0.2, -0.15) is 13.2 Å². The van der Waals surface area contributed by atoms with E-state index in [1.165, 1.54) is 28.9 Å². The fourth-order valence-corrected chi connectivity index (χ4v) is 3.11. The van der Waals surface area contributed by atoms with E-state index in [2.05, 4.69) is 5.10 Å². The van der Waals surface area contributed by atoms with Crippen molar-refractivity contribution in [2.45, 2.75) is 10.4 Å². The number of benzene rings is 2. The van der Waals surface area contributed by atoms with Crippen LogP contribution in [0.5, 0.6) is 5.88 Å². The van der Waals surface area contributed by atoms with Gasteiger partial charge in [0, 0.05) is 21.5 Å². The lowest BCUT2D eigenvalue weighted by atomic mass is 10.1. The van der Waals surface area contributed by atoms with Crippen molar-refractivity contribution in [3.8, 4) is 22.8 Å². The van der Waals surface area contributed by atoms with Crippen molar-refractivity contribution in [3.05, 3.63) is 59.6 Å². The van der Waals surface area contributed by atoms with E-state index >= 15 is 0 Å². The molecule has 4 nitrogen and oxygen atoms in total. The van der Waals surface area contributed by atoms with Crippen molar-refractivity contribution in [3.63, 3.8) is 0 Å². The molecule has 134 valence electrons. The van der Waals surface area contributed by atoms with Gasteiger partial charge in [0.1, 0.15) is 0 Å². The van der Waals surface area contributed by atoms with Crippen LogP contribution in [0.4, 0.5) is 13.2 Å². The topological polar surface area (TPSA) is 44.1 Å². The fourth-order valence-electron chi connectivity index (χ4n) is 2.33. The second kappa shape index (κ2) is 7.43. The molecule has 0 amide bonds. The molecule has 3 aromatic rings. The highest BCUT2D eigenvalue weighted by Crippen LogP contribution is 2.38. The molecule has 0 N–H and O–H groups in total. The number of carbonyl (C=O) groups excluding carboxylic acids is 1. The normalized spacial score (nSPS) is 11.4. The Morgan fingerprint density at radius 3 is 2.58 bits per heavy atom. The van der Waals surface area contributed by atoms with E-state index in [0.717, 1.165) is 0 Å². The molecule has 9 heteroatoms. The van der Waals surface area contributed by atoms with Gasteiger partial charge in [0.15, 0.2) is 0 Å². The highest BCUT2D eigenvalue weighted by Gasteiger charge is 2.29. The van der Waals surface area contributed by atoms with Gasteiger partial charge in [-0.3, -0.25) is 4.79 Å². The summed E-state index contributed by atoms with van der Waals surface area (Å²) in [5.41, 5.74) is -2.89. The first kappa shape index (κ1) is 18.3. The quantitative estimate of drug-likeness (QED) is 0.430. The van der Waals surface area contributed by atoms with E-state index in [-0.39, 0.29) is 29.0 Å². The van der Waals surface area contributed by atoms with Crippen molar-refractivity contribution < 1.29 is 22.7 Å². The first-order valence-electron chi connectivity index (χ1n) is 7.18. The zero-order chi connectivity index (χ0) is 18.7. The molecule has 0 spiro atoms. The maximum atomic E-state index is 12.6. The number of ether oxygens (including phenoxy) is 1. The van der Waals surface area contributed by atoms with Gasteiger partial charge in [-0.05, 0) is 42.1 Å². The molecular weight excluding hydrogens is 389 g/mol. The molecule has 0 saturated carbocycles. The van der Waals surface area contributed by atoms with Crippen LogP contribution < -0.4 is 4.74 Å². The Kier molecular flexibility index (Phi) is 5.24. The Labute approximate surface area is 155 Å². The first-order chi connectivity index (χ1) is 12.4. The summed E-state index contributed by atoms with van der Waals surface area (Å²) in [6.07, 6.45) is 0. The number of nitrogens with zero attached hydrogens (tertiary/aromatic N) is 2. The molecule has 3 rings (SSSR count). The number of hydrogen-bond donors (Lipinski definition) is 0. The molecule has 0 aliphatic heterocycles. The zero-order valence-electron chi connectivity index (χ0n) is 12.9. The summed E-state index contributed by atoms with van der Waals surface area (Å²) in [6, 6.07) is 14.1. The number of alkyl halides is 3. The van der Waals surface area contributed by atoms with E-state index in [1.807, 2.05) is 0 Å². The molecule has 1 aromatic heterocycles. The Morgan fingerprint density at radius 1 is 1.12 bits per heavy atom. The summed E-state index contributed by atoms with van der Waals surface area (Å²) >= 11 is 5.79. The molecule has 0 aliphatic rings. The average molecular weight is 399 g/mol. The Balaban J connectivity index is 2.09. The largest absolute Gasteiger partial charge is 0.446 e. The number of halogens is 4. The summed E-state index contributed by atoms with van der Waals surface area (Å²) in [6.45, 7) is 0.227. The van der Waals surface area contributed by atoms with E-state index < -0.39 is 5.51 Å². The zero-order valence-corrected chi connectivity index (χ0v) is 14.5. The highest BCUT2D eigenvalue weighted by molar-refractivity contribution is 8.00. The van der Waals surface area contributed by atoms with Gasteiger partial charge in [0.05, 0.1) is 11.4 Å². The van der Waals surface area contributed by atoms with Crippen LogP contribution in [0, 0.1) is 0 Å². The Morgan fingerprint density at radius 2 is 1.88 bits per heavy atom. The molecule has 0 atom stereocenters. The minimum Gasteiger partial charge on any atom is -0.408 e. The van der Waals surface area contributed by atoms with Crippen LogP contribution in [-0.4, -0.2) is 21.8 Å². The number of aromatic nitrogens is 2. The molecular formula is C17H10ClF3N2O2S. The maximum Gasteiger partial charge on any atom is 0.446 e. The van der Waals surface area contributed by atoms with Crippen LogP contribution in [0.1, 0.15) is 0 Å². The smallest absolute Gasteiger partial charge is 0.408 e. The van der Waals surface area contributed by atoms with Crippen LogP contribution in [0.25, 0.3) is 16.9 Å². The lowest BCUT2D eigenvalue weighted by Crippen LogP contribution is -2.01. The molecule has 1 heterocycles. The summed E-state index contributed by atoms with van der Waals surface area (Å²) in [5, 5.41) is 4.63. The van der Waals surface area contributed by atoms with Gasteiger partial charge in [-0.15, -0.1) is 5.10 Å². The minimum atomic E-state index is -4.39. The standard InChI is InChI=1S/C17H10ClF3N2O2S/c18-12-4-2-5-13(8-12)23-15(9-16(22-23)25-10-24)11-3-1-6-14(7-11)26-17(19,20)21/h1-10H. The van der Waals surface area contributed by atoms with Crippen LogP contribution in [-0.2, 0) is 4.79 Å². The molecule has 0 unspecified atom stereocenters. The summed E-state index contributed by atoms with van der Waals surface area (Å²) in [7, 11) is 0. The second-order valence-electron chi connectivity index (χ2n) is 5.05. The van der Waals surface area contributed by atoms with Crippen molar-refractivity contribution in [1.82, 2.24) is 9.78 Å². The number of hydrogen-bond acceptors (Lipinski definition) is 4. The number of thioether (sulfide) groups is 1. The van der Waals surface area contributed by atoms with Crippen LogP contribution in [0.2, 0.25) is 5.02 Å². The van der Waals surface area contributed by atoms with E-state index in [9.17, 15) is 18.0 Å². The molecule has 0 radical (unpaired) electrons. The van der Waals surface area contributed by atoms with Crippen molar-refractivity contribution >= 4 is 29.8 Å². The minimum absolute atomic E-state index is 0.0175. The lowest BCUT2D eigenvalue weighted by molar-refractivity contribution is -0.120. The molecule has 0 aliphatic carbocycles. The Bertz CT molecular complexity index is 944. The van der Waals surface area contributed by atoms with Crippen LogP contribution in [0.15, 0.2) is 59.5 Å². The number of rotatable bonds is 5. The van der Waals surface area contributed by atoms with Crippen LogP contribution >= 0.6 is 23.4 Å². The predicted octanol–water partition coefficient (Wildman–Crippen LogP) is 5.34. The van der Waals surface area contributed by atoms with E-state index in [0.29, 0.717) is 22.0 Å². The SMILES string of the molecule is O=COc1cc(-c2cccc(SC(F)(F)F)c2)n(-c2cccc(Cl)c2)n1. The molecule has 0 saturated heterocycles. The van der Waals surface area contributed by atoms with E-state index in [4.69, 9.17) is 16.3 Å². The van der Waals surface area contributed by atoms with Crippen LogP contribution in [0.3, 0.4) is 0 Å². The third kappa shape index (κ3) is 4.39.